The van der Waals surface area contributed by atoms with Gasteiger partial charge in [0, 0.05) is 27.7 Å². The van der Waals surface area contributed by atoms with Crippen LogP contribution in [-0.2, 0) is 42.9 Å². The zero-order valence-electron chi connectivity index (χ0n) is 14.3. The van der Waals surface area contributed by atoms with Crippen LogP contribution in [0.5, 0.6) is 0 Å². The molecule has 9 nitrogen and oxygen atoms in total. The van der Waals surface area contributed by atoms with Gasteiger partial charge in [-0.2, -0.15) is 0 Å². The summed E-state index contributed by atoms with van der Waals surface area (Å²) in [5.74, 6) is -2.44. The lowest BCUT2D eigenvalue weighted by Crippen LogP contribution is -2.61. The molecule has 0 bridgehead atoms. The zero-order chi connectivity index (χ0) is 18.4. The van der Waals surface area contributed by atoms with Crippen molar-refractivity contribution >= 4 is 23.9 Å². The number of carbonyl (C=O) groups excluding carboxylic acids is 4. The topological polar surface area (TPSA) is 114 Å². The lowest BCUT2D eigenvalue weighted by atomic mass is 9.95. The van der Waals surface area contributed by atoms with Crippen LogP contribution >= 0.6 is 0 Å². The van der Waals surface area contributed by atoms with E-state index in [2.05, 4.69) is 0 Å². The number of esters is 4. The molecule has 1 aliphatic heterocycles. The minimum absolute atomic E-state index is 0.206. The van der Waals surface area contributed by atoms with Crippen LogP contribution in [0.1, 0.15) is 34.6 Å². The van der Waals surface area contributed by atoms with E-state index in [0.717, 1.165) is 0 Å². The summed E-state index contributed by atoms with van der Waals surface area (Å²) in [6, 6.07) is 0. The number of hydrogen-bond donors (Lipinski definition) is 0. The molecule has 0 spiro atoms. The van der Waals surface area contributed by atoms with Gasteiger partial charge in [-0.3, -0.25) is 19.2 Å². The predicted molar refractivity (Wildman–Crippen MR) is 77.6 cm³/mol. The number of carbonyl (C=O) groups is 4. The Hall–Kier alpha value is -2.16. The molecular weight excluding hydrogens is 324 g/mol. The molecule has 1 aliphatic rings. The van der Waals surface area contributed by atoms with Gasteiger partial charge in [0.05, 0.1) is 6.10 Å². The molecule has 0 aliphatic carbocycles. The van der Waals surface area contributed by atoms with E-state index in [9.17, 15) is 19.2 Å². The van der Waals surface area contributed by atoms with Gasteiger partial charge in [-0.15, -0.1) is 0 Å². The van der Waals surface area contributed by atoms with Crippen LogP contribution in [0, 0.1) is 0 Å². The highest BCUT2D eigenvalue weighted by Crippen LogP contribution is 2.28. The van der Waals surface area contributed by atoms with Crippen molar-refractivity contribution in [3.8, 4) is 0 Å². The Bertz CT molecular complexity index is 501. The lowest BCUT2D eigenvalue weighted by Gasteiger charge is -2.43. The van der Waals surface area contributed by atoms with Crippen molar-refractivity contribution in [1.82, 2.24) is 0 Å². The van der Waals surface area contributed by atoms with Crippen LogP contribution in [0.15, 0.2) is 0 Å². The fourth-order valence-corrected chi connectivity index (χ4v) is 2.44. The van der Waals surface area contributed by atoms with Crippen molar-refractivity contribution in [2.24, 2.45) is 0 Å². The van der Waals surface area contributed by atoms with Gasteiger partial charge in [-0.1, -0.05) is 0 Å². The number of rotatable bonds is 5. The molecule has 0 aromatic carbocycles. The average molecular weight is 346 g/mol. The molecule has 1 fully saturated rings. The molecule has 1 saturated heterocycles. The van der Waals surface area contributed by atoms with Gasteiger partial charge < -0.3 is 23.7 Å². The predicted octanol–water partition coefficient (Wildman–Crippen LogP) is 0.132. The Kier molecular flexibility index (Phi) is 7.15. The van der Waals surface area contributed by atoms with Gasteiger partial charge in [0.25, 0.3) is 0 Å². The zero-order valence-corrected chi connectivity index (χ0v) is 14.3. The summed E-state index contributed by atoms with van der Waals surface area (Å²) < 4.78 is 26.1. The van der Waals surface area contributed by atoms with Crippen LogP contribution in [0.3, 0.4) is 0 Å². The molecule has 9 heteroatoms. The molecule has 24 heavy (non-hydrogen) atoms. The summed E-state index contributed by atoms with van der Waals surface area (Å²) >= 11 is 0. The number of ether oxygens (including phenoxy) is 5. The first-order valence-corrected chi connectivity index (χ1v) is 7.42. The van der Waals surface area contributed by atoms with E-state index in [0.29, 0.717) is 0 Å². The largest absolute Gasteiger partial charge is 0.463 e. The Balaban J connectivity index is 3.11. The fraction of sp³-hybridized carbons (Fsp3) is 0.733. The summed E-state index contributed by atoms with van der Waals surface area (Å²) in [7, 11) is 0. The minimum Gasteiger partial charge on any atom is -0.463 e. The molecule has 0 saturated carbocycles. The first kappa shape index (κ1) is 19.9. The van der Waals surface area contributed by atoms with Crippen molar-refractivity contribution in [1.29, 1.82) is 0 Å². The molecule has 1 unspecified atom stereocenters. The Morgan fingerprint density at radius 1 is 0.750 bits per heavy atom. The molecule has 0 amide bonds. The summed E-state index contributed by atoms with van der Waals surface area (Å²) in [6.45, 7) is 6.17. The van der Waals surface area contributed by atoms with Crippen molar-refractivity contribution in [3.63, 3.8) is 0 Å². The molecule has 0 N–H and O–H groups in total. The highest BCUT2D eigenvalue weighted by atomic mass is 16.7. The second-order valence-corrected chi connectivity index (χ2v) is 5.40. The smallest absolute Gasteiger partial charge is 0.303 e. The van der Waals surface area contributed by atoms with Gasteiger partial charge >= 0.3 is 23.9 Å². The average Bonchev–Trinajstić information content (AvgIpc) is 2.42. The van der Waals surface area contributed by atoms with E-state index >= 15 is 0 Å². The van der Waals surface area contributed by atoms with Crippen LogP contribution in [0.2, 0.25) is 0 Å². The van der Waals surface area contributed by atoms with Gasteiger partial charge in [0.1, 0.15) is 12.7 Å². The van der Waals surface area contributed by atoms with E-state index in [1.54, 1.807) is 6.92 Å². The number of hydrogen-bond acceptors (Lipinski definition) is 9. The quantitative estimate of drug-likeness (QED) is 0.506. The molecule has 0 radical (unpaired) electrons. The van der Waals surface area contributed by atoms with Gasteiger partial charge in [-0.05, 0) is 6.92 Å². The summed E-state index contributed by atoms with van der Waals surface area (Å²) in [5, 5.41) is 0. The summed E-state index contributed by atoms with van der Waals surface area (Å²) in [4.78, 5) is 45.2. The third-order valence-corrected chi connectivity index (χ3v) is 3.22. The van der Waals surface area contributed by atoms with Crippen molar-refractivity contribution in [2.75, 3.05) is 6.61 Å². The van der Waals surface area contributed by atoms with Gasteiger partial charge in [0.2, 0.25) is 0 Å². The molecule has 1 heterocycles. The standard InChI is InChI=1S/C15H22O9/c1-7-13(22-9(3)17)15(24-11(5)19)14(23-10(4)18)12(21-7)6-20-8(2)16/h7,12-15H,6H2,1-5H3/t7?,12-,13-,14-,15-/m1/s1. The monoisotopic (exact) mass is 346 g/mol. The molecule has 5 atom stereocenters. The van der Waals surface area contributed by atoms with Crippen LogP contribution < -0.4 is 0 Å². The third-order valence-electron chi connectivity index (χ3n) is 3.22. The first-order valence-electron chi connectivity index (χ1n) is 7.42. The molecule has 0 aromatic rings. The SMILES string of the molecule is CC(=O)OC[C@H]1OC(C)[C@@H](OC(C)=O)[C@@H](OC(C)=O)[C@@H]1OC(C)=O. The maximum atomic E-state index is 11.4. The maximum absolute atomic E-state index is 11.4. The second kappa shape index (κ2) is 8.62. The Morgan fingerprint density at radius 2 is 1.21 bits per heavy atom. The second-order valence-electron chi connectivity index (χ2n) is 5.40. The van der Waals surface area contributed by atoms with E-state index in [4.69, 9.17) is 23.7 Å². The van der Waals surface area contributed by atoms with Crippen molar-refractivity contribution in [2.45, 2.75) is 65.1 Å². The maximum Gasteiger partial charge on any atom is 0.303 e. The fourth-order valence-electron chi connectivity index (χ4n) is 2.44. The van der Waals surface area contributed by atoms with Crippen LogP contribution in [0.25, 0.3) is 0 Å². The molecule has 0 aromatic heterocycles. The molecular formula is C15H22O9. The first-order chi connectivity index (χ1) is 11.1. The van der Waals surface area contributed by atoms with E-state index in [-0.39, 0.29) is 6.61 Å². The summed E-state index contributed by atoms with van der Waals surface area (Å²) in [6.07, 6.45) is -4.69. The van der Waals surface area contributed by atoms with Crippen molar-refractivity contribution < 1.29 is 42.9 Å². The normalized spacial score (nSPS) is 29.3. The summed E-state index contributed by atoms with van der Waals surface area (Å²) in [5.41, 5.74) is 0. The Labute approximate surface area is 139 Å². The van der Waals surface area contributed by atoms with Crippen LogP contribution in [0.4, 0.5) is 0 Å². The van der Waals surface area contributed by atoms with Gasteiger partial charge in [0.15, 0.2) is 18.3 Å². The van der Waals surface area contributed by atoms with E-state index in [1.807, 2.05) is 0 Å². The van der Waals surface area contributed by atoms with E-state index < -0.39 is 54.4 Å². The molecule has 136 valence electrons. The third kappa shape index (κ3) is 5.80. The lowest BCUT2D eigenvalue weighted by molar-refractivity contribution is -0.249. The highest BCUT2D eigenvalue weighted by Gasteiger charge is 2.50. The highest BCUT2D eigenvalue weighted by molar-refractivity contribution is 5.68. The van der Waals surface area contributed by atoms with Crippen LogP contribution in [-0.4, -0.2) is 61.0 Å². The van der Waals surface area contributed by atoms with E-state index in [1.165, 1.54) is 27.7 Å². The Morgan fingerprint density at radius 3 is 1.67 bits per heavy atom. The van der Waals surface area contributed by atoms with Crippen molar-refractivity contribution in [3.05, 3.63) is 0 Å². The molecule has 1 rings (SSSR count). The minimum atomic E-state index is -1.09. The van der Waals surface area contributed by atoms with Gasteiger partial charge in [-0.25, -0.2) is 0 Å².